The van der Waals surface area contributed by atoms with E-state index in [9.17, 15) is 18.3 Å². The number of allylic oxidation sites excluding steroid dienone is 1. The van der Waals surface area contributed by atoms with Gasteiger partial charge >= 0.3 is 16.1 Å². The Morgan fingerprint density at radius 1 is 1.23 bits per heavy atom. The van der Waals surface area contributed by atoms with Gasteiger partial charge in [-0.15, -0.1) is 0 Å². The molecular formula is C23H34NO5S+. The fraction of sp³-hybridized carbons (Fsp3) is 0.609. The molecule has 3 rings (SSSR count). The molecule has 166 valence electrons. The Labute approximate surface area is 180 Å². The Kier molecular flexibility index (Phi) is 5.95. The third-order valence-corrected chi connectivity index (χ3v) is 10.2. The van der Waals surface area contributed by atoms with Crippen molar-refractivity contribution in [1.29, 1.82) is 0 Å². The summed E-state index contributed by atoms with van der Waals surface area (Å²) in [5.74, 6) is 0.233. The van der Waals surface area contributed by atoms with Gasteiger partial charge in [0.1, 0.15) is 11.3 Å². The summed E-state index contributed by atoms with van der Waals surface area (Å²) in [6.45, 7) is 9.72. The van der Waals surface area contributed by atoms with E-state index in [2.05, 4.69) is 6.92 Å². The fourth-order valence-corrected chi connectivity index (χ4v) is 8.59. The second-order valence-electron chi connectivity index (χ2n) is 9.70. The van der Waals surface area contributed by atoms with Crippen molar-refractivity contribution in [2.24, 2.45) is 16.7 Å². The number of hydrogen-bond acceptors (Lipinski definition) is 4. The average Bonchev–Trinajstić information content (AvgIpc) is 2.84. The molecule has 6 nitrogen and oxygen atoms in total. The molecule has 30 heavy (non-hydrogen) atoms. The summed E-state index contributed by atoms with van der Waals surface area (Å²) in [7, 11) is -4.10. The van der Waals surface area contributed by atoms with E-state index in [-0.39, 0.29) is 12.5 Å². The SMILES string of the molecule is CC[C@H]1C=C[C@@H]2[C@@](C(C)(C)C)(C1)[C@@H](C)[N+](COCc1ccccc1)(C(=O)O)S2(=O)=O. The van der Waals surface area contributed by atoms with Gasteiger partial charge in [0.2, 0.25) is 6.73 Å². The lowest BCUT2D eigenvalue weighted by Gasteiger charge is -2.48. The molecule has 0 saturated carbocycles. The van der Waals surface area contributed by atoms with Crippen LogP contribution in [0.2, 0.25) is 0 Å². The monoisotopic (exact) mass is 436 g/mol. The predicted octanol–water partition coefficient (Wildman–Crippen LogP) is 4.77. The maximum Gasteiger partial charge on any atom is 0.531 e. The molecule has 1 amide bonds. The smallest absolute Gasteiger partial charge is 0.434 e. The first kappa shape index (κ1) is 23.0. The lowest BCUT2D eigenvalue weighted by molar-refractivity contribution is -0.785. The van der Waals surface area contributed by atoms with Crippen molar-refractivity contribution in [3.63, 3.8) is 0 Å². The summed E-state index contributed by atoms with van der Waals surface area (Å²) in [5, 5.41) is 9.46. The van der Waals surface area contributed by atoms with Crippen molar-refractivity contribution < 1.29 is 26.9 Å². The summed E-state index contributed by atoms with van der Waals surface area (Å²) < 4.78 is 32.4. The van der Waals surface area contributed by atoms with Gasteiger partial charge in [0.05, 0.1) is 12.0 Å². The van der Waals surface area contributed by atoms with Crippen LogP contribution in [0, 0.1) is 16.7 Å². The molecule has 1 heterocycles. The van der Waals surface area contributed by atoms with Crippen LogP contribution in [0.3, 0.4) is 0 Å². The first-order chi connectivity index (χ1) is 13.9. The van der Waals surface area contributed by atoms with E-state index < -0.39 is 48.9 Å². The number of nitrogens with zero attached hydrogens (tertiary/aromatic N) is 1. The molecular weight excluding hydrogens is 402 g/mol. The van der Waals surface area contributed by atoms with E-state index in [1.54, 1.807) is 13.0 Å². The molecule has 1 N–H and O–H groups in total. The normalized spacial score (nSPS) is 35.2. The molecule has 2 aliphatic rings. The fourth-order valence-electron chi connectivity index (χ4n) is 5.64. The van der Waals surface area contributed by atoms with Crippen LogP contribution in [0.1, 0.15) is 53.0 Å². The number of benzene rings is 1. The zero-order valence-corrected chi connectivity index (χ0v) is 19.4. The lowest BCUT2D eigenvalue weighted by Crippen LogP contribution is -2.61. The summed E-state index contributed by atoms with van der Waals surface area (Å²) in [6, 6.07) is 8.72. The Hall–Kier alpha value is -1.70. The largest absolute Gasteiger partial charge is 0.531 e. The van der Waals surface area contributed by atoms with Crippen molar-refractivity contribution >= 4 is 16.1 Å². The molecule has 7 heteroatoms. The van der Waals surface area contributed by atoms with Gasteiger partial charge in [0, 0.05) is 0 Å². The van der Waals surface area contributed by atoms with E-state index in [4.69, 9.17) is 4.74 Å². The summed E-state index contributed by atoms with van der Waals surface area (Å²) >= 11 is 0. The van der Waals surface area contributed by atoms with Gasteiger partial charge in [-0.05, 0) is 36.7 Å². The zero-order valence-electron chi connectivity index (χ0n) is 18.5. The van der Waals surface area contributed by atoms with Crippen molar-refractivity contribution in [1.82, 2.24) is 0 Å². The summed E-state index contributed by atoms with van der Waals surface area (Å²) in [5.41, 5.74) is -0.230. The third kappa shape index (κ3) is 3.13. The second kappa shape index (κ2) is 7.77. The minimum absolute atomic E-state index is 0.164. The number of carbonyl (C=O) groups is 1. The maximum atomic E-state index is 13.9. The molecule has 0 bridgehead atoms. The van der Waals surface area contributed by atoms with Gasteiger partial charge < -0.3 is 9.84 Å². The van der Waals surface area contributed by atoms with Gasteiger partial charge in [-0.2, -0.15) is 13.2 Å². The van der Waals surface area contributed by atoms with Crippen molar-refractivity contribution in [3.8, 4) is 0 Å². The molecule has 0 spiro atoms. The van der Waals surface area contributed by atoms with E-state index in [1.165, 1.54) is 0 Å². The molecule has 1 aliphatic heterocycles. The molecule has 1 fully saturated rings. The number of rotatable bonds is 5. The van der Waals surface area contributed by atoms with Crippen LogP contribution in [-0.2, 0) is 21.4 Å². The number of ether oxygens (including phenoxy) is 1. The number of fused-ring (bicyclic) bond motifs is 1. The maximum absolute atomic E-state index is 13.9. The van der Waals surface area contributed by atoms with Gasteiger partial charge in [0.25, 0.3) is 0 Å². The molecule has 1 aromatic rings. The quantitative estimate of drug-likeness (QED) is 0.531. The Morgan fingerprint density at radius 3 is 2.40 bits per heavy atom. The van der Waals surface area contributed by atoms with Crippen LogP contribution < -0.4 is 0 Å². The number of quaternary nitrogens is 1. The average molecular weight is 437 g/mol. The molecule has 1 unspecified atom stereocenters. The molecule has 1 aromatic carbocycles. The highest BCUT2D eigenvalue weighted by Crippen LogP contribution is 2.62. The third-order valence-electron chi connectivity index (χ3n) is 7.45. The number of amides is 1. The van der Waals surface area contributed by atoms with Crippen LogP contribution in [0.15, 0.2) is 42.5 Å². The van der Waals surface area contributed by atoms with Crippen molar-refractivity contribution in [2.75, 3.05) is 6.73 Å². The molecule has 0 radical (unpaired) electrons. The highest BCUT2D eigenvalue weighted by Gasteiger charge is 2.77. The van der Waals surface area contributed by atoms with Crippen LogP contribution in [-0.4, -0.2) is 41.5 Å². The Balaban J connectivity index is 2.08. The van der Waals surface area contributed by atoms with Gasteiger partial charge in [-0.25, -0.2) is 0 Å². The Bertz CT molecular complexity index is 921. The predicted molar refractivity (Wildman–Crippen MR) is 116 cm³/mol. The van der Waals surface area contributed by atoms with Gasteiger partial charge in [0.15, 0.2) is 0 Å². The topological polar surface area (TPSA) is 80.7 Å². The van der Waals surface area contributed by atoms with Crippen molar-refractivity contribution in [3.05, 3.63) is 48.0 Å². The minimum Gasteiger partial charge on any atom is -0.434 e. The standard InChI is InChI=1S/C23H33NO5S/c1-6-18-12-13-20-23(14-18,22(3,4)5)17(2)24(21(25)26,30(20,27)28)16-29-15-19-10-8-7-9-11-19/h7-13,17-18,20H,6,14-16H2,1-5H3/p+1/t17-,18+,20-,23-,24?/m1/s1. The Morgan fingerprint density at radius 2 is 1.87 bits per heavy atom. The number of sulfonamides is 1. The first-order valence-electron chi connectivity index (χ1n) is 10.6. The summed E-state index contributed by atoms with van der Waals surface area (Å²) in [4.78, 5) is 12.6. The van der Waals surface area contributed by atoms with Crippen LogP contribution in [0.25, 0.3) is 0 Å². The lowest BCUT2D eigenvalue weighted by atomic mass is 9.55. The van der Waals surface area contributed by atoms with E-state index in [0.29, 0.717) is 6.42 Å². The molecule has 5 atom stereocenters. The molecule has 1 aliphatic carbocycles. The van der Waals surface area contributed by atoms with Gasteiger partial charge in [-0.1, -0.05) is 74.1 Å². The van der Waals surface area contributed by atoms with Crippen molar-refractivity contribution in [2.45, 2.75) is 65.4 Å². The highest BCUT2D eigenvalue weighted by atomic mass is 32.2. The first-order valence-corrected chi connectivity index (χ1v) is 12.1. The van der Waals surface area contributed by atoms with Gasteiger partial charge in [-0.3, -0.25) is 0 Å². The minimum atomic E-state index is -4.10. The molecule has 1 saturated heterocycles. The van der Waals surface area contributed by atoms with E-state index in [0.717, 1.165) is 12.0 Å². The number of hydrogen-bond donors (Lipinski definition) is 1. The van der Waals surface area contributed by atoms with Crippen LogP contribution in [0.5, 0.6) is 0 Å². The molecule has 0 aromatic heterocycles. The number of carboxylic acid groups (broad SMARTS) is 1. The highest BCUT2D eigenvalue weighted by molar-refractivity contribution is 7.87. The van der Waals surface area contributed by atoms with Crippen LogP contribution >= 0.6 is 0 Å². The second-order valence-corrected chi connectivity index (χ2v) is 11.9. The van der Waals surface area contributed by atoms with E-state index >= 15 is 0 Å². The zero-order chi connectivity index (χ0) is 22.4. The van der Waals surface area contributed by atoms with E-state index in [1.807, 2.05) is 57.2 Å². The van der Waals surface area contributed by atoms with Crippen LogP contribution in [0.4, 0.5) is 4.79 Å². The summed E-state index contributed by atoms with van der Waals surface area (Å²) in [6.07, 6.45) is 3.90.